The molecule has 0 saturated heterocycles. The molecule has 0 aliphatic heterocycles. The van der Waals surface area contributed by atoms with Gasteiger partial charge in [0.05, 0.1) is 23.8 Å². The molecule has 0 fully saturated rings. The number of aliphatic carboxylic acids is 1. The van der Waals surface area contributed by atoms with Crippen LogP contribution < -0.4 is 5.32 Å². The van der Waals surface area contributed by atoms with E-state index >= 15 is 0 Å². The highest BCUT2D eigenvalue weighted by atomic mass is 32.1. The summed E-state index contributed by atoms with van der Waals surface area (Å²) in [7, 11) is 0. The molecular formula is C20H16N2O7S. The third-order valence-electron chi connectivity index (χ3n) is 4.17. The van der Waals surface area contributed by atoms with Gasteiger partial charge in [0.1, 0.15) is 0 Å². The number of rotatable bonds is 7. The normalized spacial score (nSPS) is 10.5. The number of non-ortho nitro benzene ring substituents is 1. The van der Waals surface area contributed by atoms with Crippen molar-refractivity contribution in [3.8, 4) is 21.9 Å². The lowest BCUT2D eigenvalue weighted by molar-refractivity contribution is -0.385. The lowest BCUT2D eigenvalue weighted by Gasteiger charge is -2.11. The molecule has 4 N–H and O–H groups in total. The minimum atomic E-state index is -0.940. The summed E-state index contributed by atoms with van der Waals surface area (Å²) in [5, 5.41) is 42.1. The molecule has 0 spiro atoms. The number of benzene rings is 2. The largest absolute Gasteiger partial charge is 0.504 e. The maximum Gasteiger partial charge on any atom is 0.308 e. The SMILES string of the molecule is O=C(O)Cc1ccc(-c2ccccc2NC(=O)Cc2cc([N+](=O)[O-])cc(O)c2O)s1. The summed E-state index contributed by atoms with van der Waals surface area (Å²) in [6.07, 6.45) is -0.501. The minimum Gasteiger partial charge on any atom is -0.504 e. The first-order valence-corrected chi connectivity index (χ1v) is 9.45. The number of carbonyl (C=O) groups is 2. The number of nitro benzene ring substituents is 1. The van der Waals surface area contributed by atoms with Crippen LogP contribution in [0.3, 0.4) is 0 Å². The molecular weight excluding hydrogens is 412 g/mol. The van der Waals surface area contributed by atoms with Crippen molar-refractivity contribution < 1.29 is 29.8 Å². The van der Waals surface area contributed by atoms with E-state index in [2.05, 4.69) is 5.32 Å². The molecule has 1 amide bonds. The fraction of sp³-hybridized carbons (Fsp3) is 0.100. The van der Waals surface area contributed by atoms with Crippen molar-refractivity contribution in [1.29, 1.82) is 0 Å². The average Bonchev–Trinajstić information content (AvgIpc) is 3.13. The highest BCUT2D eigenvalue weighted by Gasteiger charge is 2.19. The molecule has 0 atom stereocenters. The number of anilines is 1. The third-order valence-corrected chi connectivity index (χ3v) is 5.29. The quantitative estimate of drug-likeness (QED) is 0.255. The summed E-state index contributed by atoms with van der Waals surface area (Å²) in [5.74, 6) is -2.78. The highest BCUT2D eigenvalue weighted by Crippen LogP contribution is 2.36. The van der Waals surface area contributed by atoms with Crippen LogP contribution in [0.2, 0.25) is 0 Å². The number of hydrogen-bond donors (Lipinski definition) is 4. The number of carboxylic acids is 1. The van der Waals surface area contributed by atoms with Crippen LogP contribution in [0.15, 0.2) is 48.5 Å². The molecule has 0 saturated carbocycles. The van der Waals surface area contributed by atoms with Crippen molar-refractivity contribution in [2.45, 2.75) is 12.8 Å². The fourth-order valence-corrected chi connectivity index (χ4v) is 3.88. The van der Waals surface area contributed by atoms with E-state index in [1.165, 1.54) is 11.3 Å². The van der Waals surface area contributed by atoms with E-state index < -0.39 is 40.4 Å². The summed E-state index contributed by atoms with van der Waals surface area (Å²) < 4.78 is 0. The van der Waals surface area contributed by atoms with Crippen molar-refractivity contribution in [3.05, 3.63) is 69.1 Å². The molecule has 1 aromatic heterocycles. The van der Waals surface area contributed by atoms with E-state index in [1.54, 1.807) is 36.4 Å². The Kier molecular flexibility index (Phi) is 5.98. The molecule has 0 radical (unpaired) electrons. The van der Waals surface area contributed by atoms with Crippen molar-refractivity contribution in [2.24, 2.45) is 0 Å². The summed E-state index contributed by atoms with van der Waals surface area (Å²) in [6.45, 7) is 0. The fourth-order valence-electron chi connectivity index (χ4n) is 2.84. The topological polar surface area (TPSA) is 150 Å². The second-order valence-corrected chi connectivity index (χ2v) is 7.51. The first-order valence-electron chi connectivity index (χ1n) is 8.63. The van der Waals surface area contributed by atoms with Crippen LogP contribution in [-0.4, -0.2) is 32.1 Å². The predicted molar refractivity (Wildman–Crippen MR) is 110 cm³/mol. The van der Waals surface area contributed by atoms with E-state index in [0.29, 0.717) is 16.1 Å². The zero-order valence-corrected chi connectivity index (χ0v) is 16.2. The smallest absolute Gasteiger partial charge is 0.308 e. The summed E-state index contributed by atoms with van der Waals surface area (Å²) in [5.41, 5.74) is 0.605. The Labute approximate surface area is 174 Å². The number of carbonyl (C=O) groups excluding carboxylic acids is 1. The predicted octanol–water partition coefficient (Wildman–Crippen LogP) is 3.54. The number of nitro groups is 1. The van der Waals surface area contributed by atoms with Gasteiger partial charge in [0.2, 0.25) is 5.91 Å². The van der Waals surface area contributed by atoms with E-state index in [9.17, 15) is 29.9 Å². The Morgan fingerprint density at radius 2 is 1.80 bits per heavy atom. The standard InChI is InChI=1S/C20H16N2O7S/c23-16-9-12(22(28)29)7-11(20(16)27)8-18(24)21-15-4-2-1-3-14(15)17-6-5-13(30-17)10-19(25)26/h1-7,9,23,27H,8,10H2,(H,21,24)(H,25,26). The van der Waals surface area contributed by atoms with Gasteiger partial charge in [0.15, 0.2) is 11.5 Å². The second kappa shape index (κ2) is 8.62. The van der Waals surface area contributed by atoms with Crippen LogP contribution in [0, 0.1) is 10.1 Å². The maximum atomic E-state index is 12.5. The van der Waals surface area contributed by atoms with Crippen LogP contribution >= 0.6 is 11.3 Å². The number of carboxylic acid groups (broad SMARTS) is 1. The molecule has 0 aliphatic rings. The lowest BCUT2D eigenvalue weighted by Crippen LogP contribution is -2.15. The van der Waals surface area contributed by atoms with E-state index in [-0.39, 0.29) is 12.0 Å². The van der Waals surface area contributed by atoms with Crippen LogP contribution in [-0.2, 0) is 22.4 Å². The molecule has 2 aromatic carbocycles. The number of nitrogens with zero attached hydrogens (tertiary/aromatic N) is 1. The van der Waals surface area contributed by atoms with Crippen molar-refractivity contribution in [1.82, 2.24) is 0 Å². The van der Waals surface area contributed by atoms with Gasteiger partial charge in [-0.25, -0.2) is 0 Å². The number of para-hydroxylation sites is 1. The maximum absolute atomic E-state index is 12.5. The third kappa shape index (κ3) is 4.73. The average molecular weight is 428 g/mol. The summed E-state index contributed by atoms with van der Waals surface area (Å²) >= 11 is 1.29. The number of phenols is 2. The molecule has 0 aliphatic carbocycles. The summed E-state index contributed by atoms with van der Waals surface area (Å²) in [6, 6.07) is 12.2. The van der Waals surface area contributed by atoms with Gasteiger partial charge in [0.25, 0.3) is 5.69 Å². The lowest BCUT2D eigenvalue weighted by atomic mass is 10.1. The van der Waals surface area contributed by atoms with Crippen molar-refractivity contribution >= 4 is 34.6 Å². The van der Waals surface area contributed by atoms with Gasteiger partial charge in [-0.2, -0.15) is 0 Å². The second-order valence-electron chi connectivity index (χ2n) is 6.34. The van der Waals surface area contributed by atoms with Gasteiger partial charge >= 0.3 is 5.97 Å². The molecule has 0 unspecified atom stereocenters. The van der Waals surface area contributed by atoms with E-state index in [4.69, 9.17) is 5.11 Å². The van der Waals surface area contributed by atoms with Gasteiger partial charge < -0.3 is 20.6 Å². The zero-order chi connectivity index (χ0) is 21.8. The first-order chi connectivity index (χ1) is 14.2. The van der Waals surface area contributed by atoms with Crippen LogP contribution in [0.25, 0.3) is 10.4 Å². The molecule has 30 heavy (non-hydrogen) atoms. The zero-order valence-electron chi connectivity index (χ0n) is 15.4. The van der Waals surface area contributed by atoms with Gasteiger partial charge in [-0.05, 0) is 18.2 Å². The van der Waals surface area contributed by atoms with Gasteiger partial charge in [0, 0.05) is 32.6 Å². The number of aromatic hydroxyl groups is 2. The van der Waals surface area contributed by atoms with E-state index in [0.717, 1.165) is 17.0 Å². The monoisotopic (exact) mass is 428 g/mol. The molecule has 154 valence electrons. The molecule has 10 heteroatoms. The Bertz CT molecular complexity index is 1140. The Morgan fingerprint density at radius 3 is 2.50 bits per heavy atom. The van der Waals surface area contributed by atoms with Gasteiger partial charge in [-0.3, -0.25) is 19.7 Å². The Balaban J connectivity index is 1.83. The van der Waals surface area contributed by atoms with Crippen LogP contribution in [0.5, 0.6) is 11.5 Å². The number of phenolic OH excluding ortho intramolecular Hbond substituents is 2. The Hall–Kier alpha value is -3.92. The van der Waals surface area contributed by atoms with E-state index in [1.807, 2.05) is 0 Å². The van der Waals surface area contributed by atoms with Crippen LogP contribution in [0.4, 0.5) is 11.4 Å². The molecule has 3 aromatic rings. The Morgan fingerprint density at radius 1 is 1.07 bits per heavy atom. The minimum absolute atomic E-state index is 0.0865. The summed E-state index contributed by atoms with van der Waals surface area (Å²) in [4.78, 5) is 35.0. The number of thiophene rings is 1. The van der Waals surface area contributed by atoms with Crippen molar-refractivity contribution in [3.63, 3.8) is 0 Å². The molecule has 3 rings (SSSR count). The van der Waals surface area contributed by atoms with Gasteiger partial charge in [-0.15, -0.1) is 11.3 Å². The highest BCUT2D eigenvalue weighted by molar-refractivity contribution is 7.15. The first kappa shape index (κ1) is 20.8. The van der Waals surface area contributed by atoms with Crippen LogP contribution in [0.1, 0.15) is 10.4 Å². The molecule has 1 heterocycles. The number of hydrogen-bond acceptors (Lipinski definition) is 7. The number of amides is 1. The van der Waals surface area contributed by atoms with Gasteiger partial charge in [-0.1, -0.05) is 18.2 Å². The molecule has 9 nitrogen and oxygen atoms in total. The van der Waals surface area contributed by atoms with Crippen molar-refractivity contribution in [2.75, 3.05) is 5.32 Å². The molecule has 0 bridgehead atoms. The number of nitrogens with one attached hydrogen (secondary N) is 1.